The normalized spacial score (nSPS) is 13.8. The zero-order valence-electron chi connectivity index (χ0n) is 18.1. The second-order valence-electron chi connectivity index (χ2n) is 7.32. The lowest BCUT2D eigenvalue weighted by Gasteiger charge is -2.13. The minimum atomic E-state index is -0.608. The SMILES string of the molecule is COc1ccc(C(=O)N/N=C2\CCCc3oc(C(=O)NNC(=O)c4ccco4)c(C)c32)cc1. The number of hydrazine groups is 1. The van der Waals surface area contributed by atoms with Crippen molar-refractivity contribution in [3.05, 3.63) is 76.6 Å². The van der Waals surface area contributed by atoms with Gasteiger partial charge >= 0.3 is 11.8 Å². The van der Waals surface area contributed by atoms with E-state index in [-0.39, 0.29) is 17.4 Å². The first-order valence-electron chi connectivity index (χ1n) is 10.3. The first-order valence-corrected chi connectivity index (χ1v) is 10.3. The Balaban J connectivity index is 1.47. The van der Waals surface area contributed by atoms with Gasteiger partial charge in [0.2, 0.25) is 0 Å². The predicted octanol–water partition coefficient (Wildman–Crippen LogP) is 2.73. The lowest BCUT2D eigenvalue weighted by Crippen LogP contribution is -2.41. The number of carbonyl (C=O) groups is 3. The highest BCUT2D eigenvalue weighted by atomic mass is 16.5. The molecule has 4 rings (SSSR count). The average Bonchev–Trinajstić information content (AvgIpc) is 3.50. The molecule has 10 heteroatoms. The average molecular weight is 450 g/mol. The van der Waals surface area contributed by atoms with Crippen LogP contribution in [0.5, 0.6) is 5.75 Å². The van der Waals surface area contributed by atoms with Gasteiger partial charge in [0.15, 0.2) is 11.5 Å². The van der Waals surface area contributed by atoms with Crippen LogP contribution in [0.3, 0.4) is 0 Å². The van der Waals surface area contributed by atoms with E-state index >= 15 is 0 Å². The van der Waals surface area contributed by atoms with Crippen molar-refractivity contribution in [2.24, 2.45) is 5.10 Å². The molecule has 0 bridgehead atoms. The number of hydrazone groups is 1. The van der Waals surface area contributed by atoms with Crippen LogP contribution in [0.1, 0.15) is 61.2 Å². The maximum atomic E-state index is 12.6. The highest BCUT2D eigenvalue weighted by molar-refractivity contribution is 6.07. The second-order valence-corrected chi connectivity index (χ2v) is 7.32. The van der Waals surface area contributed by atoms with Crippen LogP contribution in [-0.2, 0) is 6.42 Å². The molecule has 2 aromatic heterocycles. The van der Waals surface area contributed by atoms with Gasteiger partial charge in [-0.05, 0) is 56.2 Å². The lowest BCUT2D eigenvalue weighted by molar-refractivity contribution is 0.0815. The molecule has 0 spiro atoms. The van der Waals surface area contributed by atoms with Gasteiger partial charge in [0.25, 0.3) is 5.91 Å². The highest BCUT2D eigenvalue weighted by Gasteiger charge is 2.28. The molecule has 10 nitrogen and oxygen atoms in total. The second kappa shape index (κ2) is 9.43. The van der Waals surface area contributed by atoms with Crippen molar-refractivity contribution in [3.8, 4) is 5.75 Å². The van der Waals surface area contributed by atoms with Gasteiger partial charge < -0.3 is 13.6 Å². The molecular weight excluding hydrogens is 428 g/mol. The van der Waals surface area contributed by atoms with E-state index in [4.69, 9.17) is 13.6 Å². The molecule has 3 aromatic rings. The third-order valence-electron chi connectivity index (χ3n) is 5.21. The number of hydrogen-bond acceptors (Lipinski definition) is 7. The third-order valence-corrected chi connectivity index (χ3v) is 5.21. The number of methoxy groups -OCH3 is 1. The summed E-state index contributed by atoms with van der Waals surface area (Å²) in [7, 11) is 1.55. The molecule has 0 fully saturated rings. The number of amides is 3. The van der Waals surface area contributed by atoms with Gasteiger partial charge in [0.1, 0.15) is 11.5 Å². The topological polar surface area (TPSA) is 135 Å². The van der Waals surface area contributed by atoms with Crippen LogP contribution in [-0.4, -0.2) is 30.5 Å². The zero-order valence-corrected chi connectivity index (χ0v) is 18.1. The summed E-state index contributed by atoms with van der Waals surface area (Å²) in [6.07, 6.45) is 3.36. The van der Waals surface area contributed by atoms with Crippen molar-refractivity contribution in [1.82, 2.24) is 16.3 Å². The molecule has 170 valence electrons. The van der Waals surface area contributed by atoms with Gasteiger partial charge in [0, 0.05) is 23.1 Å². The number of fused-ring (bicyclic) bond motifs is 1. The Morgan fingerprint density at radius 2 is 1.76 bits per heavy atom. The highest BCUT2D eigenvalue weighted by Crippen LogP contribution is 2.29. The van der Waals surface area contributed by atoms with Crippen LogP contribution in [0.2, 0.25) is 0 Å². The number of aryl methyl sites for hydroxylation is 1. The first-order chi connectivity index (χ1) is 16.0. The standard InChI is InChI=1S/C23H22N4O6/c1-13-19-16(24-25-21(28)14-8-10-15(31-2)11-9-14)5-3-6-17(19)33-20(13)23(30)27-26-22(29)18-7-4-12-32-18/h4,7-12H,3,5-6H2,1-2H3,(H,25,28)(H,26,29)(H,27,30)/b24-16+. The van der Waals surface area contributed by atoms with E-state index in [1.54, 1.807) is 44.4 Å². The van der Waals surface area contributed by atoms with Crippen molar-refractivity contribution in [1.29, 1.82) is 0 Å². The van der Waals surface area contributed by atoms with E-state index < -0.39 is 11.8 Å². The van der Waals surface area contributed by atoms with Crippen LogP contribution < -0.4 is 21.0 Å². The molecule has 0 aliphatic heterocycles. The number of furan rings is 2. The largest absolute Gasteiger partial charge is 0.497 e. The summed E-state index contributed by atoms with van der Waals surface area (Å²) in [5.41, 5.74) is 9.50. The van der Waals surface area contributed by atoms with Crippen LogP contribution in [0.25, 0.3) is 0 Å². The molecule has 1 aliphatic rings. The Bertz CT molecular complexity index is 1210. The first kappa shape index (κ1) is 21.9. The number of benzene rings is 1. The fourth-order valence-electron chi connectivity index (χ4n) is 3.56. The Kier molecular flexibility index (Phi) is 6.25. The van der Waals surface area contributed by atoms with Crippen molar-refractivity contribution < 1.29 is 28.0 Å². The Morgan fingerprint density at radius 3 is 2.45 bits per heavy atom. The Labute approximate surface area is 188 Å². The third kappa shape index (κ3) is 4.64. The molecule has 33 heavy (non-hydrogen) atoms. The van der Waals surface area contributed by atoms with Gasteiger partial charge in [0.05, 0.1) is 19.1 Å². The number of nitrogens with one attached hydrogen (secondary N) is 3. The summed E-state index contributed by atoms with van der Waals surface area (Å²) in [5.74, 6) is -0.177. The van der Waals surface area contributed by atoms with E-state index in [0.717, 1.165) is 6.42 Å². The molecule has 1 aliphatic carbocycles. The Morgan fingerprint density at radius 1 is 1.00 bits per heavy atom. The molecular formula is C23H22N4O6. The number of nitrogens with zero attached hydrogens (tertiary/aromatic N) is 1. The molecule has 1 aromatic carbocycles. The number of rotatable bonds is 5. The molecule has 0 unspecified atom stereocenters. The van der Waals surface area contributed by atoms with Gasteiger partial charge in [-0.1, -0.05) is 0 Å². The van der Waals surface area contributed by atoms with Crippen molar-refractivity contribution in [2.45, 2.75) is 26.2 Å². The molecule has 3 N–H and O–H groups in total. The minimum Gasteiger partial charge on any atom is -0.497 e. The van der Waals surface area contributed by atoms with Crippen LogP contribution >= 0.6 is 0 Å². The zero-order chi connectivity index (χ0) is 23.4. The fraction of sp³-hybridized carbons (Fsp3) is 0.217. The number of hydrogen-bond donors (Lipinski definition) is 3. The van der Waals surface area contributed by atoms with E-state index in [2.05, 4.69) is 21.4 Å². The lowest BCUT2D eigenvalue weighted by atomic mass is 9.93. The summed E-state index contributed by atoms with van der Waals surface area (Å²) in [4.78, 5) is 37.0. The van der Waals surface area contributed by atoms with E-state index in [1.807, 2.05) is 0 Å². The fourth-order valence-corrected chi connectivity index (χ4v) is 3.56. The van der Waals surface area contributed by atoms with Gasteiger partial charge in [-0.25, -0.2) is 5.43 Å². The quantitative estimate of drug-likeness (QED) is 0.512. The molecule has 0 saturated heterocycles. The van der Waals surface area contributed by atoms with Crippen molar-refractivity contribution >= 4 is 23.4 Å². The van der Waals surface area contributed by atoms with Crippen molar-refractivity contribution in [2.75, 3.05) is 7.11 Å². The summed E-state index contributed by atoms with van der Waals surface area (Å²) in [5, 5.41) is 4.30. The van der Waals surface area contributed by atoms with Crippen LogP contribution in [0.4, 0.5) is 0 Å². The molecule has 0 saturated carbocycles. The molecule has 3 amide bonds. The van der Waals surface area contributed by atoms with Gasteiger partial charge in [-0.2, -0.15) is 5.10 Å². The minimum absolute atomic E-state index is 0.0628. The van der Waals surface area contributed by atoms with Crippen LogP contribution in [0, 0.1) is 6.92 Å². The maximum absolute atomic E-state index is 12.6. The molecule has 0 radical (unpaired) electrons. The summed E-state index contributed by atoms with van der Waals surface area (Å²) >= 11 is 0. The van der Waals surface area contributed by atoms with Gasteiger partial charge in [-0.3, -0.25) is 25.2 Å². The van der Waals surface area contributed by atoms with Gasteiger partial charge in [-0.15, -0.1) is 0 Å². The van der Waals surface area contributed by atoms with Crippen molar-refractivity contribution in [3.63, 3.8) is 0 Å². The molecule has 2 heterocycles. The molecule has 0 atom stereocenters. The van der Waals surface area contributed by atoms with E-state index in [0.29, 0.717) is 46.8 Å². The summed E-state index contributed by atoms with van der Waals surface area (Å²) in [6.45, 7) is 1.73. The number of ether oxygens (including phenoxy) is 1. The van der Waals surface area contributed by atoms with Crippen LogP contribution in [0.15, 0.2) is 56.6 Å². The predicted molar refractivity (Wildman–Crippen MR) is 117 cm³/mol. The van der Waals surface area contributed by atoms with E-state index in [1.165, 1.54) is 12.3 Å². The summed E-state index contributed by atoms with van der Waals surface area (Å²) < 4.78 is 15.9. The Hall–Kier alpha value is -4.34. The summed E-state index contributed by atoms with van der Waals surface area (Å²) in [6, 6.07) is 9.70. The smallest absolute Gasteiger partial charge is 0.305 e. The van der Waals surface area contributed by atoms with E-state index in [9.17, 15) is 14.4 Å². The monoisotopic (exact) mass is 450 g/mol. The maximum Gasteiger partial charge on any atom is 0.305 e. The number of carbonyl (C=O) groups excluding carboxylic acids is 3.